The van der Waals surface area contributed by atoms with Crippen molar-refractivity contribution in [3.8, 4) is 11.5 Å². The number of rotatable bonds is 8. The van der Waals surface area contributed by atoms with Crippen LogP contribution < -0.4 is 14.8 Å². The SMILES string of the molecule is CCOC(=O)C1=C(C)NC2=C(C(=O)c3ccccc32)[C@H]1c1ccc(OCc2ccc(Cl)cc2)c(OCC)c1. The number of hydrogen-bond donors (Lipinski definition) is 1. The zero-order chi connectivity index (χ0) is 26.8. The summed E-state index contributed by atoms with van der Waals surface area (Å²) in [6, 6.07) is 20.5. The third-order valence-corrected chi connectivity index (χ3v) is 6.90. The minimum Gasteiger partial charge on any atom is -0.490 e. The third kappa shape index (κ3) is 4.68. The number of fused-ring (bicyclic) bond motifs is 2. The molecule has 0 spiro atoms. The van der Waals surface area contributed by atoms with Gasteiger partial charge in [-0.25, -0.2) is 4.79 Å². The number of ether oxygens (including phenoxy) is 3. The second-order valence-electron chi connectivity index (χ2n) is 9.03. The molecule has 1 atom stereocenters. The van der Waals surface area contributed by atoms with Gasteiger partial charge in [0.2, 0.25) is 0 Å². The molecule has 1 aliphatic carbocycles. The van der Waals surface area contributed by atoms with Crippen molar-refractivity contribution in [2.45, 2.75) is 33.3 Å². The average Bonchev–Trinajstić information content (AvgIpc) is 3.19. The Labute approximate surface area is 226 Å². The number of hydrogen-bond acceptors (Lipinski definition) is 6. The Morgan fingerprint density at radius 2 is 1.66 bits per heavy atom. The molecular weight excluding hydrogens is 502 g/mol. The number of allylic oxidation sites excluding steroid dienone is 2. The molecule has 1 heterocycles. The van der Waals surface area contributed by atoms with Crippen LogP contribution in [0.25, 0.3) is 5.70 Å². The molecule has 0 radical (unpaired) electrons. The molecule has 7 heteroatoms. The lowest BCUT2D eigenvalue weighted by atomic mass is 9.79. The van der Waals surface area contributed by atoms with E-state index in [-0.39, 0.29) is 12.4 Å². The fourth-order valence-corrected chi connectivity index (χ4v) is 5.10. The Kier molecular flexibility index (Phi) is 7.25. The van der Waals surface area contributed by atoms with E-state index in [9.17, 15) is 9.59 Å². The van der Waals surface area contributed by atoms with Gasteiger partial charge in [-0.2, -0.15) is 0 Å². The summed E-state index contributed by atoms with van der Waals surface area (Å²) in [7, 11) is 0. The highest BCUT2D eigenvalue weighted by Crippen LogP contribution is 2.48. The van der Waals surface area contributed by atoms with Crippen LogP contribution in [0.5, 0.6) is 11.5 Å². The predicted octanol–water partition coefficient (Wildman–Crippen LogP) is 6.45. The van der Waals surface area contributed by atoms with E-state index in [1.807, 2.05) is 80.6 Å². The summed E-state index contributed by atoms with van der Waals surface area (Å²) in [4.78, 5) is 26.9. The van der Waals surface area contributed by atoms with Crippen LogP contribution in [0, 0.1) is 0 Å². The topological polar surface area (TPSA) is 73.9 Å². The first kappa shape index (κ1) is 25.6. The number of dihydropyridines is 1. The van der Waals surface area contributed by atoms with Crippen LogP contribution >= 0.6 is 11.6 Å². The summed E-state index contributed by atoms with van der Waals surface area (Å²) in [6.07, 6.45) is 0. The Bertz CT molecular complexity index is 1470. The molecule has 1 N–H and O–H groups in total. The average molecular weight is 530 g/mol. The van der Waals surface area contributed by atoms with E-state index in [2.05, 4.69) is 5.32 Å². The van der Waals surface area contributed by atoms with Gasteiger partial charge in [-0.1, -0.05) is 54.1 Å². The largest absolute Gasteiger partial charge is 0.490 e. The molecule has 0 saturated carbocycles. The number of carbonyl (C=O) groups excluding carboxylic acids is 2. The van der Waals surface area contributed by atoms with Gasteiger partial charge in [-0.3, -0.25) is 4.79 Å². The zero-order valence-electron chi connectivity index (χ0n) is 21.5. The Hall–Kier alpha value is -4.03. The fourth-order valence-electron chi connectivity index (χ4n) is 4.98. The van der Waals surface area contributed by atoms with Crippen LogP contribution in [0.3, 0.4) is 0 Å². The predicted molar refractivity (Wildman–Crippen MR) is 146 cm³/mol. The Morgan fingerprint density at radius 3 is 2.37 bits per heavy atom. The van der Waals surface area contributed by atoms with Gasteiger partial charge in [0.1, 0.15) is 6.61 Å². The molecule has 0 unspecified atom stereocenters. The van der Waals surface area contributed by atoms with Crippen molar-refractivity contribution < 1.29 is 23.8 Å². The standard InChI is InChI=1S/C31H28ClNO5/c1-4-36-25-16-20(12-15-24(25)38-17-19-10-13-21(32)14-11-19)27-26(31(35)37-5-2)18(3)33-29-22-8-6-7-9-23(22)30(34)28(27)29/h6-16,27,33H,4-5,17H2,1-3H3/t27-/m0/s1. The quantitative estimate of drug-likeness (QED) is 0.338. The first-order chi connectivity index (χ1) is 18.4. The van der Waals surface area contributed by atoms with E-state index < -0.39 is 11.9 Å². The normalized spacial score (nSPS) is 16.1. The molecule has 1 aliphatic heterocycles. The van der Waals surface area contributed by atoms with Crippen molar-refractivity contribution in [1.82, 2.24) is 5.32 Å². The number of nitrogens with one attached hydrogen (secondary N) is 1. The van der Waals surface area contributed by atoms with Crippen LogP contribution in [0.15, 0.2) is 83.6 Å². The minimum absolute atomic E-state index is 0.108. The summed E-state index contributed by atoms with van der Waals surface area (Å²) in [5, 5.41) is 3.98. The molecule has 3 aromatic rings. The maximum absolute atomic E-state index is 13.7. The maximum Gasteiger partial charge on any atom is 0.336 e. The number of halogens is 1. The van der Waals surface area contributed by atoms with Crippen molar-refractivity contribution in [3.05, 3.63) is 111 Å². The molecular formula is C31H28ClNO5. The van der Waals surface area contributed by atoms with Gasteiger partial charge >= 0.3 is 5.97 Å². The summed E-state index contributed by atoms with van der Waals surface area (Å²) in [5.41, 5.74) is 5.45. The van der Waals surface area contributed by atoms with E-state index in [4.69, 9.17) is 25.8 Å². The Morgan fingerprint density at radius 1 is 0.921 bits per heavy atom. The third-order valence-electron chi connectivity index (χ3n) is 6.65. The molecule has 0 bridgehead atoms. The number of ketones is 1. The molecule has 38 heavy (non-hydrogen) atoms. The Balaban J connectivity index is 1.57. The monoisotopic (exact) mass is 529 g/mol. The second-order valence-corrected chi connectivity index (χ2v) is 9.47. The lowest BCUT2D eigenvalue weighted by molar-refractivity contribution is -0.138. The van der Waals surface area contributed by atoms with Gasteiger partial charge in [0.15, 0.2) is 17.3 Å². The molecule has 0 amide bonds. The molecule has 5 rings (SSSR count). The summed E-state index contributed by atoms with van der Waals surface area (Å²) in [5.74, 6) is -0.103. The van der Waals surface area contributed by atoms with Crippen molar-refractivity contribution >= 4 is 29.1 Å². The summed E-state index contributed by atoms with van der Waals surface area (Å²) >= 11 is 6.00. The second kappa shape index (κ2) is 10.8. The highest BCUT2D eigenvalue weighted by molar-refractivity contribution is 6.30. The molecule has 0 aromatic heterocycles. The van der Waals surface area contributed by atoms with Crippen LogP contribution in [0.2, 0.25) is 5.02 Å². The highest BCUT2D eigenvalue weighted by atomic mass is 35.5. The summed E-state index contributed by atoms with van der Waals surface area (Å²) in [6.45, 7) is 6.48. The van der Waals surface area contributed by atoms with Crippen LogP contribution in [-0.2, 0) is 16.1 Å². The van der Waals surface area contributed by atoms with Crippen molar-refractivity contribution in [3.63, 3.8) is 0 Å². The maximum atomic E-state index is 13.7. The van der Waals surface area contributed by atoms with Crippen LogP contribution in [-0.4, -0.2) is 25.0 Å². The van der Waals surface area contributed by atoms with Crippen LogP contribution in [0.1, 0.15) is 53.7 Å². The number of carbonyl (C=O) groups is 2. The molecule has 0 fully saturated rings. The summed E-state index contributed by atoms with van der Waals surface area (Å²) < 4.78 is 17.5. The van der Waals surface area contributed by atoms with Crippen molar-refractivity contribution in [2.75, 3.05) is 13.2 Å². The van der Waals surface area contributed by atoms with Gasteiger partial charge in [0.25, 0.3) is 0 Å². The fraction of sp³-hybridized carbons (Fsp3) is 0.226. The molecule has 6 nitrogen and oxygen atoms in total. The lowest BCUT2D eigenvalue weighted by Crippen LogP contribution is -2.29. The number of esters is 1. The lowest BCUT2D eigenvalue weighted by Gasteiger charge is -2.29. The smallest absolute Gasteiger partial charge is 0.336 e. The molecule has 194 valence electrons. The number of benzene rings is 3. The van der Waals surface area contributed by atoms with E-state index in [1.54, 1.807) is 6.92 Å². The zero-order valence-corrected chi connectivity index (χ0v) is 22.2. The minimum atomic E-state index is -0.630. The number of Topliss-reactive ketones (excluding diaryl/α,β-unsaturated/α-hetero) is 1. The van der Waals surface area contributed by atoms with Crippen molar-refractivity contribution in [2.24, 2.45) is 0 Å². The first-order valence-corrected chi connectivity index (χ1v) is 13.0. The van der Waals surface area contributed by atoms with Crippen LogP contribution in [0.4, 0.5) is 0 Å². The van der Waals surface area contributed by atoms with E-state index in [0.717, 1.165) is 22.4 Å². The van der Waals surface area contributed by atoms with E-state index >= 15 is 0 Å². The first-order valence-electron chi connectivity index (χ1n) is 12.6. The highest BCUT2D eigenvalue weighted by Gasteiger charge is 2.43. The van der Waals surface area contributed by atoms with Gasteiger partial charge in [-0.05, 0) is 56.2 Å². The van der Waals surface area contributed by atoms with E-state index in [1.165, 1.54) is 0 Å². The van der Waals surface area contributed by atoms with Gasteiger partial charge in [-0.15, -0.1) is 0 Å². The van der Waals surface area contributed by atoms with E-state index in [0.29, 0.717) is 52.1 Å². The molecule has 2 aliphatic rings. The van der Waals surface area contributed by atoms with Crippen molar-refractivity contribution in [1.29, 1.82) is 0 Å². The van der Waals surface area contributed by atoms with Gasteiger partial charge in [0, 0.05) is 33.3 Å². The van der Waals surface area contributed by atoms with Gasteiger partial charge < -0.3 is 19.5 Å². The van der Waals surface area contributed by atoms with Gasteiger partial charge in [0.05, 0.1) is 24.5 Å². The molecule has 3 aromatic carbocycles. The molecule has 0 saturated heterocycles.